The van der Waals surface area contributed by atoms with Crippen molar-refractivity contribution >= 4 is 26.8 Å². The van der Waals surface area contributed by atoms with E-state index in [4.69, 9.17) is 5.73 Å². The number of rotatable bonds is 8. The summed E-state index contributed by atoms with van der Waals surface area (Å²) in [5.41, 5.74) is 7.56. The topological polar surface area (TPSA) is 108 Å². The fraction of sp³-hybridized carbons (Fsp3) is 0.500. The molecule has 2 fully saturated rings. The summed E-state index contributed by atoms with van der Waals surface area (Å²) in [5, 5.41) is 3.12. The second-order valence-corrected chi connectivity index (χ2v) is 12.6. The first-order chi connectivity index (χ1) is 17.9. The number of aromatic nitrogens is 1. The second-order valence-electron chi connectivity index (χ2n) is 10.3. The third-order valence-corrected chi connectivity index (χ3v) is 10.1. The predicted molar refractivity (Wildman–Crippen MR) is 136 cm³/mol. The average Bonchev–Trinajstić information content (AvgIpc) is 3.51. The molecule has 1 aliphatic heterocycles. The molecule has 3 aliphatic rings. The fourth-order valence-corrected chi connectivity index (χ4v) is 7.21. The number of piperidine rings is 1. The summed E-state index contributed by atoms with van der Waals surface area (Å²) in [7, 11) is -3.28. The minimum Gasteiger partial charge on any atom is -0.366 e. The lowest BCUT2D eigenvalue weighted by atomic mass is 9.83. The number of allylic oxidation sites excluding steroid dienone is 3. The molecular weight excluding hydrogens is 524 g/mol. The Labute approximate surface area is 218 Å². The Bertz CT molecular complexity index is 1440. The van der Waals surface area contributed by atoms with Crippen LogP contribution in [0.4, 0.5) is 17.6 Å². The predicted octanol–water partition coefficient (Wildman–Crippen LogP) is 4.00. The highest BCUT2D eigenvalue weighted by molar-refractivity contribution is 7.89. The van der Waals surface area contributed by atoms with Crippen LogP contribution in [0.25, 0.3) is 10.9 Å². The van der Waals surface area contributed by atoms with E-state index in [2.05, 4.69) is 10.3 Å². The zero-order valence-corrected chi connectivity index (χ0v) is 21.7. The minimum absolute atomic E-state index is 0.0186. The number of benzene rings is 1. The van der Waals surface area contributed by atoms with Crippen LogP contribution in [0.3, 0.4) is 0 Å². The van der Waals surface area contributed by atoms with Crippen molar-refractivity contribution in [2.75, 3.05) is 31.9 Å². The normalized spacial score (nSPS) is 24.7. The monoisotopic (exact) mass is 554 g/mol. The van der Waals surface area contributed by atoms with Gasteiger partial charge in [-0.05, 0) is 67.4 Å². The highest BCUT2D eigenvalue weighted by atomic mass is 32.2. The Kier molecular flexibility index (Phi) is 6.72. The summed E-state index contributed by atoms with van der Waals surface area (Å²) >= 11 is 0. The molecule has 1 aromatic heterocycles. The lowest BCUT2D eigenvalue weighted by Crippen LogP contribution is -2.38. The number of alkyl halides is 3. The van der Waals surface area contributed by atoms with Gasteiger partial charge in [0.1, 0.15) is 5.83 Å². The number of sulfonamides is 1. The molecule has 2 aromatic rings. The number of halogens is 4. The van der Waals surface area contributed by atoms with Gasteiger partial charge in [-0.25, -0.2) is 17.1 Å². The maximum absolute atomic E-state index is 15.4. The lowest BCUT2D eigenvalue weighted by molar-refractivity contribution is -0.124. The summed E-state index contributed by atoms with van der Waals surface area (Å²) in [6.07, 6.45) is 1.86. The molecule has 1 saturated heterocycles. The highest BCUT2D eigenvalue weighted by Gasteiger charge is 2.61. The molecule has 4 N–H and O–H groups in total. The van der Waals surface area contributed by atoms with Gasteiger partial charge in [-0.3, -0.25) is 4.79 Å². The SMILES string of the molecule is CCS(=O)(=O)N1CCC(c2c[nH]c3c(C(N)=O)cc(C45CC4C(CNCC(F)(F)F)=CC=C5F)cc23)CC1. The Hall–Kier alpha value is -2.70. The summed E-state index contributed by atoms with van der Waals surface area (Å²) in [6, 6.07) is 3.43. The molecule has 2 heterocycles. The van der Waals surface area contributed by atoms with Crippen molar-refractivity contribution in [3.8, 4) is 0 Å². The van der Waals surface area contributed by atoms with Crippen LogP contribution < -0.4 is 11.1 Å². The number of nitrogens with one attached hydrogen (secondary N) is 2. The molecule has 206 valence electrons. The molecule has 1 aromatic carbocycles. The lowest BCUT2D eigenvalue weighted by Gasteiger charge is -2.31. The van der Waals surface area contributed by atoms with Gasteiger partial charge in [0.2, 0.25) is 10.0 Å². The third-order valence-electron chi connectivity index (χ3n) is 8.19. The van der Waals surface area contributed by atoms with Gasteiger partial charge in [0.05, 0.1) is 28.8 Å². The smallest absolute Gasteiger partial charge is 0.366 e. The zero-order valence-electron chi connectivity index (χ0n) is 20.9. The molecule has 1 saturated carbocycles. The van der Waals surface area contributed by atoms with E-state index >= 15 is 4.39 Å². The number of aromatic amines is 1. The molecule has 12 heteroatoms. The Morgan fingerprint density at radius 3 is 2.58 bits per heavy atom. The van der Waals surface area contributed by atoms with E-state index in [0.29, 0.717) is 49.0 Å². The van der Waals surface area contributed by atoms with E-state index in [0.717, 1.165) is 10.9 Å². The number of H-pyrrole nitrogens is 1. The van der Waals surface area contributed by atoms with Gasteiger partial charge in [0.25, 0.3) is 5.91 Å². The number of hydrogen-bond acceptors (Lipinski definition) is 4. The number of primary amides is 1. The Balaban J connectivity index is 1.46. The summed E-state index contributed by atoms with van der Waals surface area (Å²) in [6.45, 7) is 1.23. The van der Waals surface area contributed by atoms with Gasteiger partial charge in [-0.1, -0.05) is 11.6 Å². The first-order valence-corrected chi connectivity index (χ1v) is 14.3. The number of fused-ring (bicyclic) bond motifs is 2. The van der Waals surface area contributed by atoms with Crippen molar-refractivity contribution in [1.82, 2.24) is 14.6 Å². The van der Waals surface area contributed by atoms with E-state index in [1.54, 1.807) is 19.2 Å². The number of hydrogen-bond donors (Lipinski definition) is 3. The fourth-order valence-electron chi connectivity index (χ4n) is 6.08. The molecule has 1 amide bonds. The molecule has 2 unspecified atom stereocenters. The van der Waals surface area contributed by atoms with Gasteiger partial charge >= 0.3 is 6.18 Å². The molecule has 0 bridgehead atoms. The standard InChI is InChI=1S/C26H30F4N4O3S/c1-2-38(36,37)34-7-5-15(6-8-34)20-13-33-23-18(20)9-17(10-19(23)24(31)35)25-11-21(25)16(3-4-22(25)27)12-32-14-26(28,29)30/h3-4,9-10,13,15,21,32-33H,2,5-8,11-12,14H2,1H3,(H2,31,35). The molecular formula is C26H30F4N4O3S. The molecule has 2 atom stereocenters. The molecule has 0 radical (unpaired) electrons. The van der Waals surface area contributed by atoms with Crippen LogP contribution in [0, 0.1) is 5.92 Å². The van der Waals surface area contributed by atoms with E-state index in [9.17, 15) is 26.4 Å². The third kappa shape index (κ3) is 4.66. The average molecular weight is 555 g/mol. The maximum Gasteiger partial charge on any atom is 0.401 e. The van der Waals surface area contributed by atoms with Gasteiger partial charge in [0, 0.05) is 31.2 Å². The quantitative estimate of drug-likeness (QED) is 0.429. The zero-order chi connectivity index (χ0) is 27.5. The Morgan fingerprint density at radius 1 is 1.24 bits per heavy atom. The van der Waals surface area contributed by atoms with Crippen LogP contribution in [0.2, 0.25) is 0 Å². The Morgan fingerprint density at radius 2 is 1.95 bits per heavy atom. The highest BCUT2D eigenvalue weighted by Crippen LogP contribution is 2.64. The van der Waals surface area contributed by atoms with Crippen LogP contribution in [-0.2, 0) is 15.4 Å². The van der Waals surface area contributed by atoms with Gasteiger partial charge in [0.15, 0.2) is 0 Å². The number of carbonyl (C=O) groups excluding carboxylic acids is 1. The molecule has 38 heavy (non-hydrogen) atoms. The molecule has 0 spiro atoms. The van der Waals surface area contributed by atoms with Gasteiger partial charge in [-0.2, -0.15) is 13.2 Å². The van der Waals surface area contributed by atoms with Crippen molar-refractivity contribution in [1.29, 1.82) is 0 Å². The number of nitrogens with two attached hydrogens (primary N) is 1. The van der Waals surface area contributed by atoms with E-state index in [-0.39, 0.29) is 29.7 Å². The van der Waals surface area contributed by atoms with Crippen molar-refractivity contribution in [2.24, 2.45) is 11.7 Å². The first-order valence-electron chi connectivity index (χ1n) is 12.6. The van der Waals surface area contributed by atoms with E-state index in [1.165, 1.54) is 16.5 Å². The number of amides is 1. The summed E-state index contributed by atoms with van der Waals surface area (Å²) in [5.74, 6) is -1.32. The van der Waals surface area contributed by atoms with Gasteiger partial charge in [-0.15, -0.1) is 0 Å². The second kappa shape index (κ2) is 9.49. The minimum atomic E-state index is -4.35. The first kappa shape index (κ1) is 26.9. The van der Waals surface area contributed by atoms with Crippen molar-refractivity contribution in [3.63, 3.8) is 0 Å². The number of nitrogens with zero attached hydrogens (tertiary/aromatic N) is 1. The van der Waals surface area contributed by atoms with Crippen molar-refractivity contribution < 1.29 is 30.8 Å². The number of carbonyl (C=O) groups is 1. The summed E-state index contributed by atoms with van der Waals surface area (Å²) in [4.78, 5) is 15.6. The van der Waals surface area contributed by atoms with E-state index < -0.39 is 39.9 Å². The van der Waals surface area contributed by atoms with Crippen molar-refractivity contribution in [3.05, 3.63) is 58.6 Å². The van der Waals surface area contributed by atoms with Crippen LogP contribution in [-0.4, -0.2) is 61.7 Å². The largest absolute Gasteiger partial charge is 0.401 e. The van der Waals surface area contributed by atoms with Crippen LogP contribution >= 0.6 is 0 Å². The van der Waals surface area contributed by atoms with Crippen molar-refractivity contribution in [2.45, 2.75) is 43.7 Å². The van der Waals surface area contributed by atoms with Crippen LogP contribution in [0.1, 0.15) is 53.6 Å². The van der Waals surface area contributed by atoms with Crippen LogP contribution in [0.15, 0.2) is 41.9 Å². The van der Waals surface area contributed by atoms with Crippen LogP contribution in [0.5, 0.6) is 0 Å². The van der Waals surface area contributed by atoms with E-state index in [1.807, 2.05) is 6.07 Å². The van der Waals surface area contributed by atoms with Gasteiger partial charge < -0.3 is 16.0 Å². The maximum atomic E-state index is 15.4. The molecule has 5 rings (SSSR count). The summed E-state index contributed by atoms with van der Waals surface area (Å²) < 4.78 is 79.3. The molecule has 2 aliphatic carbocycles. The molecule has 7 nitrogen and oxygen atoms in total.